The summed E-state index contributed by atoms with van der Waals surface area (Å²) in [4.78, 5) is 0. The summed E-state index contributed by atoms with van der Waals surface area (Å²) in [6.07, 6.45) is -5.08. The number of nitrogens with two attached hydrogens (primary N) is 1. The average molecular weight is 263 g/mol. The third-order valence-electron chi connectivity index (χ3n) is 2.09. The molecule has 0 heterocycles. The summed E-state index contributed by atoms with van der Waals surface area (Å²) in [5.41, 5.74) is 6.07. The van der Waals surface area contributed by atoms with Crippen molar-refractivity contribution in [3.8, 4) is 11.5 Å². The highest BCUT2D eigenvalue weighted by atomic mass is 19.4. The van der Waals surface area contributed by atoms with Crippen LogP contribution in [0.2, 0.25) is 0 Å². The standard InChI is InChI=1S/C12H16F3NO2/c1-2-17-10-6-9(16)7-11(8-10)18-5-3-4-12(13,14)15/h6-8H,2-5,16H2,1H3. The summed E-state index contributed by atoms with van der Waals surface area (Å²) in [5, 5.41) is 0. The van der Waals surface area contributed by atoms with Crippen molar-refractivity contribution in [1.29, 1.82) is 0 Å². The van der Waals surface area contributed by atoms with E-state index in [4.69, 9.17) is 15.2 Å². The molecule has 0 aliphatic heterocycles. The number of halogens is 3. The molecule has 1 aromatic carbocycles. The monoisotopic (exact) mass is 263 g/mol. The molecule has 0 spiro atoms. The first-order valence-corrected chi connectivity index (χ1v) is 5.63. The number of anilines is 1. The SMILES string of the molecule is CCOc1cc(N)cc(OCCCC(F)(F)F)c1. The quantitative estimate of drug-likeness (QED) is 0.632. The molecular formula is C12H16F3NO2. The molecule has 0 aliphatic rings. The van der Waals surface area contributed by atoms with Crippen molar-refractivity contribution in [1.82, 2.24) is 0 Å². The van der Waals surface area contributed by atoms with Crippen molar-refractivity contribution in [2.75, 3.05) is 18.9 Å². The second kappa shape index (κ2) is 6.37. The van der Waals surface area contributed by atoms with Crippen molar-refractivity contribution in [2.45, 2.75) is 25.9 Å². The van der Waals surface area contributed by atoms with E-state index in [-0.39, 0.29) is 13.0 Å². The van der Waals surface area contributed by atoms with E-state index >= 15 is 0 Å². The normalized spacial score (nSPS) is 11.3. The second-order valence-corrected chi connectivity index (χ2v) is 3.74. The van der Waals surface area contributed by atoms with Crippen molar-refractivity contribution in [2.24, 2.45) is 0 Å². The van der Waals surface area contributed by atoms with Gasteiger partial charge in [0.15, 0.2) is 0 Å². The molecule has 0 amide bonds. The predicted octanol–water partition coefficient (Wildman–Crippen LogP) is 3.39. The fourth-order valence-corrected chi connectivity index (χ4v) is 1.39. The van der Waals surface area contributed by atoms with Gasteiger partial charge in [-0.15, -0.1) is 0 Å². The van der Waals surface area contributed by atoms with Gasteiger partial charge in [-0.2, -0.15) is 13.2 Å². The predicted molar refractivity (Wildman–Crippen MR) is 62.8 cm³/mol. The van der Waals surface area contributed by atoms with Crippen molar-refractivity contribution in [3.63, 3.8) is 0 Å². The number of ether oxygens (including phenoxy) is 2. The largest absolute Gasteiger partial charge is 0.494 e. The summed E-state index contributed by atoms with van der Waals surface area (Å²) in [6, 6.07) is 4.79. The van der Waals surface area contributed by atoms with Gasteiger partial charge in [-0.1, -0.05) is 0 Å². The molecule has 2 N–H and O–H groups in total. The molecule has 0 fully saturated rings. The van der Waals surface area contributed by atoms with Gasteiger partial charge >= 0.3 is 6.18 Å². The minimum atomic E-state index is -4.14. The molecule has 18 heavy (non-hydrogen) atoms. The smallest absolute Gasteiger partial charge is 0.389 e. The molecule has 0 aliphatic carbocycles. The van der Waals surface area contributed by atoms with Gasteiger partial charge in [-0.25, -0.2) is 0 Å². The number of alkyl halides is 3. The molecule has 3 nitrogen and oxygen atoms in total. The Morgan fingerprint density at radius 3 is 2.28 bits per heavy atom. The van der Waals surface area contributed by atoms with E-state index in [2.05, 4.69) is 0 Å². The highest BCUT2D eigenvalue weighted by molar-refractivity contribution is 5.50. The van der Waals surface area contributed by atoms with Crippen LogP contribution in [0, 0.1) is 0 Å². The fraction of sp³-hybridized carbons (Fsp3) is 0.500. The van der Waals surface area contributed by atoms with E-state index < -0.39 is 12.6 Å². The molecule has 0 saturated heterocycles. The van der Waals surface area contributed by atoms with E-state index in [0.717, 1.165) is 0 Å². The van der Waals surface area contributed by atoms with Crippen LogP contribution in [0.3, 0.4) is 0 Å². The molecular weight excluding hydrogens is 247 g/mol. The zero-order chi connectivity index (χ0) is 13.6. The van der Waals surface area contributed by atoms with Crippen LogP contribution >= 0.6 is 0 Å². The summed E-state index contributed by atoms with van der Waals surface area (Å²) in [7, 11) is 0. The maximum absolute atomic E-state index is 11.9. The lowest BCUT2D eigenvalue weighted by molar-refractivity contribution is -0.136. The second-order valence-electron chi connectivity index (χ2n) is 3.74. The van der Waals surface area contributed by atoms with E-state index in [0.29, 0.717) is 23.8 Å². The van der Waals surface area contributed by atoms with Gasteiger partial charge in [0.25, 0.3) is 0 Å². The zero-order valence-electron chi connectivity index (χ0n) is 10.1. The number of hydrogen-bond acceptors (Lipinski definition) is 3. The van der Waals surface area contributed by atoms with Gasteiger partial charge in [0.2, 0.25) is 0 Å². The molecule has 0 radical (unpaired) electrons. The minimum absolute atomic E-state index is 0.00543. The Hall–Kier alpha value is -1.59. The van der Waals surface area contributed by atoms with E-state index in [9.17, 15) is 13.2 Å². The molecule has 0 saturated carbocycles. The van der Waals surface area contributed by atoms with Crippen molar-refractivity contribution in [3.05, 3.63) is 18.2 Å². The molecule has 1 rings (SSSR count). The third kappa shape index (κ3) is 5.65. The van der Waals surface area contributed by atoms with Gasteiger partial charge < -0.3 is 15.2 Å². The Labute approximate surface area is 104 Å². The lowest BCUT2D eigenvalue weighted by Crippen LogP contribution is -2.09. The van der Waals surface area contributed by atoms with Crippen LogP contribution in [-0.2, 0) is 0 Å². The molecule has 0 aromatic heterocycles. The Bertz CT molecular complexity index is 380. The van der Waals surface area contributed by atoms with Gasteiger partial charge in [0, 0.05) is 30.3 Å². The van der Waals surface area contributed by atoms with Crippen LogP contribution in [-0.4, -0.2) is 19.4 Å². The third-order valence-corrected chi connectivity index (χ3v) is 2.09. The molecule has 0 unspecified atom stereocenters. The van der Waals surface area contributed by atoms with Crippen LogP contribution in [0.5, 0.6) is 11.5 Å². The Kier molecular flexibility index (Phi) is 5.12. The Morgan fingerprint density at radius 1 is 1.11 bits per heavy atom. The summed E-state index contributed by atoms with van der Waals surface area (Å²) in [6.45, 7) is 2.30. The van der Waals surface area contributed by atoms with Crippen molar-refractivity contribution >= 4 is 5.69 Å². The van der Waals surface area contributed by atoms with Gasteiger partial charge in [-0.05, 0) is 13.3 Å². The van der Waals surface area contributed by atoms with Gasteiger partial charge in [0.05, 0.1) is 13.2 Å². The molecule has 0 bridgehead atoms. The highest BCUT2D eigenvalue weighted by Crippen LogP contribution is 2.25. The van der Waals surface area contributed by atoms with Crippen LogP contribution < -0.4 is 15.2 Å². The molecule has 1 aromatic rings. The average Bonchev–Trinajstić information content (AvgIpc) is 2.23. The van der Waals surface area contributed by atoms with Gasteiger partial charge in [-0.3, -0.25) is 0 Å². The van der Waals surface area contributed by atoms with Gasteiger partial charge in [0.1, 0.15) is 11.5 Å². The summed E-state index contributed by atoms with van der Waals surface area (Å²) >= 11 is 0. The first-order valence-electron chi connectivity index (χ1n) is 5.63. The highest BCUT2D eigenvalue weighted by Gasteiger charge is 2.26. The maximum Gasteiger partial charge on any atom is 0.389 e. The lowest BCUT2D eigenvalue weighted by atomic mass is 10.3. The summed E-state index contributed by atoms with van der Waals surface area (Å²) in [5.74, 6) is 0.962. The Balaban J connectivity index is 2.46. The molecule has 6 heteroatoms. The number of benzene rings is 1. The van der Waals surface area contributed by atoms with E-state index in [1.165, 1.54) is 0 Å². The van der Waals surface area contributed by atoms with E-state index in [1.54, 1.807) is 18.2 Å². The molecule has 0 atom stereocenters. The Morgan fingerprint density at radius 2 is 1.72 bits per heavy atom. The topological polar surface area (TPSA) is 44.5 Å². The van der Waals surface area contributed by atoms with Crippen LogP contribution in [0.1, 0.15) is 19.8 Å². The number of hydrogen-bond donors (Lipinski definition) is 1. The first-order chi connectivity index (χ1) is 8.40. The van der Waals surface area contributed by atoms with Crippen LogP contribution in [0.25, 0.3) is 0 Å². The summed E-state index contributed by atoms with van der Waals surface area (Å²) < 4.78 is 46.2. The first kappa shape index (κ1) is 14.5. The number of rotatable bonds is 6. The minimum Gasteiger partial charge on any atom is -0.494 e. The fourth-order valence-electron chi connectivity index (χ4n) is 1.39. The number of nitrogen functional groups attached to an aromatic ring is 1. The van der Waals surface area contributed by atoms with E-state index in [1.807, 2.05) is 6.92 Å². The van der Waals surface area contributed by atoms with Crippen LogP contribution in [0.15, 0.2) is 18.2 Å². The maximum atomic E-state index is 11.9. The lowest BCUT2D eigenvalue weighted by Gasteiger charge is -2.10. The molecule has 102 valence electrons. The zero-order valence-corrected chi connectivity index (χ0v) is 10.1. The van der Waals surface area contributed by atoms with Crippen LogP contribution in [0.4, 0.5) is 18.9 Å². The van der Waals surface area contributed by atoms with Crippen molar-refractivity contribution < 1.29 is 22.6 Å².